The third kappa shape index (κ3) is 3.19. The van der Waals surface area contributed by atoms with Crippen molar-refractivity contribution in [3.63, 3.8) is 0 Å². The molecule has 2 heterocycles. The zero-order valence-electron chi connectivity index (χ0n) is 11.7. The molecule has 3 aromatic rings. The number of thioether (sulfide) groups is 1. The first-order chi connectivity index (χ1) is 10.8. The highest BCUT2D eigenvalue weighted by Gasteiger charge is 2.10. The third-order valence-electron chi connectivity index (χ3n) is 2.80. The number of anilines is 1. The van der Waals surface area contributed by atoms with E-state index in [2.05, 4.69) is 20.6 Å². The zero-order valence-corrected chi connectivity index (χ0v) is 12.5. The van der Waals surface area contributed by atoms with Crippen LogP contribution in [0.2, 0.25) is 0 Å². The monoisotopic (exact) mass is 319 g/mol. The van der Waals surface area contributed by atoms with Crippen molar-refractivity contribution in [2.45, 2.75) is 11.6 Å². The van der Waals surface area contributed by atoms with E-state index in [1.54, 1.807) is 19.2 Å². The van der Waals surface area contributed by atoms with Crippen molar-refractivity contribution in [2.75, 3.05) is 18.2 Å². The third-order valence-corrected chi connectivity index (χ3v) is 3.62. The lowest BCUT2D eigenvalue weighted by molar-refractivity contribution is -0.115. The summed E-state index contributed by atoms with van der Waals surface area (Å²) >= 11 is 1.34. The second-order valence-electron chi connectivity index (χ2n) is 4.27. The molecule has 114 valence electrons. The second kappa shape index (κ2) is 6.48. The Morgan fingerprint density at radius 2 is 2.32 bits per heavy atom. The molecule has 9 heteroatoms. The second-order valence-corrected chi connectivity index (χ2v) is 5.32. The number of hydrogen-bond donors (Lipinski definition) is 1. The molecule has 0 atom stereocenters. The van der Waals surface area contributed by atoms with E-state index < -0.39 is 0 Å². The summed E-state index contributed by atoms with van der Waals surface area (Å²) in [5, 5.41) is 14.8. The quantitative estimate of drug-likeness (QED) is 0.693. The van der Waals surface area contributed by atoms with Gasteiger partial charge in [0.1, 0.15) is 12.1 Å². The highest BCUT2D eigenvalue weighted by Crippen LogP contribution is 2.23. The van der Waals surface area contributed by atoms with Gasteiger partial charge in [-0.15, -0.1) is 10.2 Å². The van der Waals surface area contributed by atoms with Crippen molar-refractivity contribution in [3.8, 4) is 5.75 Å². The first-order valence-electron chi connectivity index (χ1n) is 6.49. The van der Waals surface area contributed by atoms with Crippen LogP contribution in [-0.2, 0) is 4.79 Å². The summed E-state index contributed by atoms with van der Waals surface area (Å²) in [5.41, 5.74) is 0.653. The van der Waals surface area contributed by atoms with Gasteiger partial charge in [-0.25, -0.2) is 0 Å². The van der Waals surface area contributed by atoms with E-state index in [4.69, 9.17) is 9.15 Å². The maximum absolute atomic E-state index is 11.9. The van der Waals surface area contributed by atoms with Gasteiger partial charge in [0.2, 0.25) is 5.91 Å². The molecule has 0 aliphatic heterocycles. The van der Waals surface area contributed by atoms with Gasteiger partial charge >= 0.3 is 5.84 Å². The van der Waals surface area contributed by atoms with Gasteiger partial charge in [-0.1, -0.05) is 29.0 Å². The standard InChI is InChI=1S/C13H13N5O3S/c1-20-10-5-3-2-4-9(10)15-11(19)6-7-22-13-17-18-8-14-16-12(18)21-13/h2-5,8H,6-7H2,1H3,(H,15,19). The Morgan fingerprint density at radius 3 is 3.14 bits per heavy atom. The molecule has 1 aromatic carbocycles. The molecule has 0 saturated heterocycles. The lowest BCUT2D eigenvalue weighted by Crippen LogP contribution is -2.12. The molecule has 0 aliphatic rings. The summed E-state index contributed by atoms with van der Waals surface area (Å²) in [7, 11) is 1.56. The highest BCUT2D eigenvalue weighted by molar-refractivity contribution is 7.99. The first kappa shape index (κ1) is 14.4. The Bertz CT molecular complexity index is 756. The summed E-state index contributed by atoms with van der Waals surface area (Å²) in [6.07, 6.45) is 1.78. The molecule has 0 fully saturated rings. The summed E-state index contributed by atoms with van der Waals surface area (Å²) in [6.45, 7) is 0. The van der Waals surface area contributed by atoms with Gasteiger partial charge < -0.3 is 14.5 Å². The van der Waals surface area contributed by atoms with Gasteiger partial charge in [0.15, 0.2) is 0 Å². The molecule has 22 heavy (non-hydrogen) atoms. The van der Waals surface area contributed by atoms with Crippen LogP contribution in [0.5, 0.6) is 5.75 Å². The number of amides is 1. The van der Waals surface area contributed by atoms with Gasteiger partial charge in [0, 0.05) is 12.2 Å². The Hall–Kier alpha value is -2.55. The van der Waals surface area contributed by atoms with Crippen molar-refractivity contribution < 1.29 is 13.9 Å². The molecular formula is C13H13N5O3S. The molecule has 0 bridgehead atoms. The van der Waals surface area contributed by atoms with Crippen LogP contribution in [0.3, 0.4) is 0 Å². The number of carbonyl (C=O) groups excluding carboxylic acids is 1. The predicted molar refractivity (Wildman–Crippen MR) is 80.0 cm³/mol. The topological polar surface area (TPSA) is 94.5 Å². The van der Waals surface area contributed by atoms with E-state index in [-0.39, 0.29) is 5.91 Å². The molecule has 0 spiro atoms. The number of carbonyl (C=O) groups is 1. The molecular weight excluding hydrogens is 306 g/mol. The minimum Gasteiger partial charge on any atom is -0.495 e. The van der Waals surface area contributed by atoms with E-state index in [9.17, 15) is 4.79 Å². The van der Waals surface area contributed by atoms with Crippen LogP contribution < -0.4 is 10.1 Å². The molecule has 1 N–H and O–H groups in total. The molecule has 0 aliphatic carbocycles. The first-order valence-corrected chi connectivity index (χ1v) is 7.47. The Morgan fingerprint density at radius 1 is 1.45 bits per heavy atom. The van der Waals surface area contributed by atoms with E-state index in [1.165, 1.54) is 22.6 Å². The lowest BCUT2D eigenvalue weighted by atomic mass is 10.3. The highest BCUT2D eigenvalue weighted by atomic mass is 32.2. The van der Waals surface area contributed by atoms with Gasteiger partial charge in [-0.05, 0) is 12.1 Å². The number of para-hydroxylation sites is 2. The van der Waals surface area contributed by atoms with Crippen LogP contribution in [0.15, 0.2) is 40.2 Å². The number of aromatic nitrogens is 4. The Labute approximate surface area is 129 Å². The largest absolute Gasteiger partial charge is 0.495 e. The number of ether oxygens (including phenoxy) is 1. The molecule has 8 nitrogen and oxygen atoms in total. The van der Waals surface area contributed by atoms with Crippen molar-refractivity contribution in [1.29, 1.82) is 0 Å². The zero-order chi connectivity index (χ0) is 15.4. The van der Waals surface area contributed by atoms with Gasteiger partial charge in [0.25, 0.3) is 5.22 Å². The number of methoxy groups -OCH3 is 1. The molecule has 2 aromatic heterocycles. The summed E-state index contributed by atoms with van der Waals surface area (Å²) in [5.74, 6) is 1.40. The van der Waals surface area contributed by atoms with Crippen molar-refractivity contribution in [3.05, 3.63) is 30.6 Å². The summed E-state index contributed by atoms with van der Waals surface area (Å²) in [4.78, 5) is 11.9. The van der Waals surface area contributed by atoms with Gasteiger partial charge in [0.05, 0.1) is 12.8 Å². The Kier molecular flexibility index (Phi) is 4.24. The predicted octanol–water partition coefficient (Wildman–Crippen LogP) is 1.85. The van der Waals surface area contributed by atoms with E-state index >= 15 is 0 Å². The van der Waals surface area contributed by atoms with Crippen LogP contribution in [0, 0.1) is 0 Å². The normalized spacial score (nSPS) is 10.8. The molecule has 0 unspecified atom stereocenters. The van der Waals surface area contributed by atoms with E-state index in [1.807, 2.05) is 12.1 Å². The van der Waals surface area contributed by atoms with Gasteiger partial charge in [-0.3, -0.25) is 4.79 Å². The van der Waals surface area contributed by atoms with Crippen LogP contribution in [0.25, 0.3) is 5.84 Å². The van der Waals surface area contributed by atoms with E-state index in [0.717, 1.165) is 0 Å². The number of hydrogen-bond acceptors (Lipinski definition) is 7. The molecule has 0 radical (unpaired) electrons. The average Bonchev–Trinajstić information content (AvgIpc) is 3.09. The van der Waals surface area contributed by atoms with E-state index in [0.29, 0.717) is 34.7 Å². The fourth-order valence-corrected chi connectivity index (χ4v) is 2.53. The van der Waals surface area contributed by atoms with Crippen LogP contribution in [0.4, 0.5) is 5.69 Å². The number of rotatable bonds is 6. The fraction of sp³-hybridized carbons (Fsp3) is 0.231. The molecule has 3 rings (SSSR count). The average molecular weight is 319 g/mol. The van der Waals surface area contributed by atoms with Crippen LogP contribution in [0.1, 0.15) is 6.42 Å². The number of fused-ring (bicyclic) bond motifs is 1. The fourth-order valence-electron chi connectivity index (χ4n) is 1.79. The minimum atomic E-state index is -0.102. The number of benzene rings is 1. The van der Waals surface area contributed by atoms with Crippen LogP contribution in [-0.4, -0.2) is 38.6 Å². The minimum absolute atomic E-state index is 0.102. The van der Waals surface area contributed by atoms with Crippen molar-refractivity contribution in [1.82, 2.24) is 19.8 Å². The smallest absolute Gasteiger partial charge is 0.345 e. The SMILES string of the molecule is COc1ccccc1NC(=O)CCSc1nn2cnnc2o1. The lowest BCUT2D eigenvalue weighted by Gasteiger charge is -2.09. The van der Waals surface area contributed by atoms with Gasteiger partial charge in [-0.2, -0.15) is 4.52 Å². The Balaban J connectivity index is 1.51. The maximum atomic E-state index is 11.9. The maximum Gasteiger partial charge on any atom is 0.345 e. The summed E-state index contributed by atoms with van der Waals surface area (Å²) in [6, 6.07) is 7.27. The van der Waals surface area contributed by atoms with Crippen molar-refractivity contribution >= 4 is 29.2 Å². The molecule has 0 saturated carbocycles. The number of nitrogens with one attached hydrogen (secondary N) is 1. The van der Waals surface area contributed by atoms with Crippen LogP contribution >= 0.6 is 11.8 Å². The van der Waals surface area contributed by atoms with Crippen molar-refractivity contribution in [2.24, 2.45) is 0 Å². The molecule has 1 amide bonds. The number of nitrogens with zero attached hydrogens (tertiary/aromatic N) is 4. The summed E-state index contributed by atoms with van der Waals surface area (Å²) < 4.78 is 12.0.